The third-order valence-electron chi connectivity index (χ3n) is 1.41. The number of esters is 2. The summed E-state index contributed by atoms with van der Waals surface area (Å²) in [4.78, 5) is 31.9. The molecule has 0 bridgehead atoms. The highest BCUT2D eigenvalue weighted by Crippen LogP contribution is 1.99. The number of carboxylic acid groups (broad SMARTS) is 1. The van der Waals surface area contributed by atoms with Crippen LogP contribution < -0.4 is 0 Å². The Bertz CT molecular complexity index is 260. The molecular formula is C8H12O7. The molecule has 2 atom stereocenters. The van der Waals surface area contributed by atoms with Crippen LogP contribution in [0.15, 0.2) is 0 Å². The number of rotatable bonds is 5. The van der Waals surface area contributed by atoms with Crippen molar-refractivity contribution in [3.63, 3.8) is 0 Å². The Morgan fingerprint density at radius 2 is 1.67 bits per heavy atom. The average molecular weight is 220 g/mol. The van der Waals surface area contributed by atoms with Crippen molar-refractivity contribution in [1.29, 1.82) is 0 Å². The molecule has 0 amide bonds. The lowest BCUT2D eigenvalue weighted by Crippen LogP contribution is -2.32. The van der Waals surface area contributed by atoms with Gasteiger partial charge in [-0.1, -0.05) is 0 Å². The summed E-state index contributed by atoms with van der Waals surface area (Å²) in [6.07, 6.45) is -2.56. The molecule has 0 rings (SSSR count). The van der Waals surface area contributed by atoms with E-state index in [1.165, 1.54) is 13.8 Å². The number of carboxylic acids is 1. The SMILES string of the molecule is CC(OC(=O)C(C)OC(=O)CO)C(=O)O. The van der Waals surface area contributed by atoms with Gasteiger partial charge in [0, 0.05) is 0 Å². The Balaban J connectivity index is 4.10. The number of ether oxygens (including phenoxy) is 2. The highest BCUT2D eigenvalue weighted by Gasteiger charge is 2.23. The van der Waals surface area contributed by atoms with Gasteiger partial charge in [-0.15, -0.1) is 0 Å². The van der Waals surface area contributed by atoms with Crippen LogP contribution >= 0.6 is 0 Å². The van der Waals surface area contributed by atoms with E-state index >= 15 is 0 Å². The van der Waals surface area contributed by atoms with Crippen molar-refractivity contribution in [3.8, 4) is 0 Å². The third-order valence-corrected chi connectivity index (χ3v) is 1.41. The van der Waals surface area contributed by atoms with E-state index in [1.54, 1.807) is 0 Å². The van der Waals surface area contributed by atoms with E-state index in [0.29, 0.717) is 0 Å². The molecular weight excluding hydrogens is 208 g/mol. The summed E-state index contributed by atoms with van der Waals surface area (Å²) in [6.45, 7) is 1.53. The number of aliphatic hydroxyl groups is 1. The van der Waals surface area contributed by atoms with Crippen LogP contribution in [0.2, 0.25) is 0 Å². The standard InChI is InChI=1S/C8H12O7/c1-4(7(11)12)15-8(13)5(2)14-6(10)3-9/h4-5,9H,3H2,1-2H3,(H,11,12). The fourth-order valence-corrected chi connectivity index (χ4v) is 0.603. The molecule has 0 aromatic heterocycles. The van der Waals surface area contributed by atoms with Crippen LogP contribution in [0.4, 0.5) is 0 Å². The third kappa shape index (κ3) is 4.96. The fraction of sp³-hybridized carbons (Fsp3) is 0.625. The number of aliphatic hydroxyl groups excluding tert-OH is 1. The van der Waals surface area contributed by atoms with E-state index in [4.69, 9.17) is 10.2 Å². The van der Waals surface area contributed by atoms with Gasteiger partial charge in [0.15, 0.2) is 12.2 Å². The number of carbonyl (C=O) groups is 3. The summed E-state index contributed by atoms with van der Waals surface area (Å²) in [5.74, 6) is -3.27. The lowest BCUT2D eigenvalue weighted by Gasteiger charge is -2.13. The molecule has 2 N–H and O–H groups in total. The molecule has 0 fully saturated rings. The van der Waals surface area contributed by atoms with Crippen molar-refractivity contribution in [2.24, 2.45) is 0 Å². The number of aliphatic carboxylic acids is 1. The molecule has 0 saturated heterocycles. The minimum Gasteiger partial charge on any atom is -0.479 e. The zero-order chi connectivity index (χ0) is 12.0. The molecule has 15 heavy (non-hydrogen) atoms. The van der Waals surface area contributed by atoms with Gasteiger partial charge >= 0.3 is 17.9 Å². The van der Waals surface area contributed by atoms with Crippen LogP contribution in [-0.2, 0) is 23.9 Å². The smallest absolute Gasteiger partial charge is 0.347 e. The van der Waals surface area contributed by atoms with Crippen LogP contribution in [0.1, 0.15) is 13.8 Å². The summed E-state index contributed by atoms with van der Waals surface area (Å²) in [7, 11) is 0. The Hall–Kier alpha value is -1.63. The van der Waals surface area contributed by atoms with E-state index in [2.05, 4.69) is 9.47 Å². The fourth-order valence-electron chi connectivity index (χ4n) is 0.603. The maximum atomic E-state index is 11.1. The van der Waals surface area contributed by atoms with Gasteiger partial charge in [0.1, 0.15) is 6.61 Å². The molecule has 0 aliphatic carbocycles. The lowest BCUT2D eigenvalue weighted by atomic mass is 10.4. The monoisotopic (exact) mass is 220 g/mol. The Morgan fingerprint density at radius 3 is 2.07 bits per heavy atom. The predicted octanol–water partition coefficient (Wildman–Crippen LogP) is -1.07. The lowest BCUT2D eigenvalue weighted by molar-refractivity contribution is -0.175. The molecule has 0 radical (unpaired) electrons. The summed E-state index contributed by atoms with van der Waals surface area (Å²) in [6, 6.07) is 0. The number of hydrogen-bond acceptors (Lipinski definition) is 6. The second kappa shape index (κ2) is 5.97. The van der Waals surface area contributed by atoms with E-state index in [1.807, 2.05) is 0 Å². The van der Waals surface area contributed by atoms with Gasteiger partial charge in [0.25, 0.3) is 0 Å². The van der Waals surface area contributed by atoms with Gasteiger partial charge in [-0.2, -0.15) is 0 Å². The van der Waals surface area contributed by atoms with E-state index in [9.17, 15) is 14.4 Å². The Kier molecular flexibility index (Phi) is 5.32. The first-order valence-corrected chi connectivity index (χ1v) is 4.12. The van der Waals surface area contributed by atoms with Crippen LogP contribution in [0.3, 0.4) is 0 Å². The summed E-state index contributed by atoms with van der Waals surface area (Å²) in [5.41, 5.74) is 0. The van der Waals surface area contributed by atoms with Crippen LogP contribution in [0, 0.1) is 0 Å². The summed E-state index contributed by atoms with van der Waals surface area (Å²) >= 11 is 0. The number of carbonyl (C=O) groups excluding carboxylic acids is 2. The van der Waals surface area contributed by atoms with Gasteiger partial charge < -0.3 is 19.7 Å². The summed E-state index contributed by atoms with van der Waals surface area (Å²) < 4.78 is 8.81. The molecule has 0 aliphatic rings. The maximum Gasteiger partial charge on any atom is 0.347 e. The normalized spacial score (nSPS) is 13.8. The largest absolute Gasteiger partial charge is 0.479 e. The average Bonchev–Trinajstić information content (AvgIpc) is 2.16. The zero-order valence-corrected chi connectivity index (χ0v) is 8.30. The van der Waals surface area contributed by atoms with Gasteiger partial charge in [-0.25, -0.2) is 14.4 Å². The van der Waals surface area contributed by atoms with Crippen LogP contribution in [0.25, 0.3) is 0 Å². The molecule has 0 aromatic carbocycles. The molecule has 0 aromatic rings. The Morgan fingerprint density at radius 1 is 1.13 bits per heavy atom. The second-order valence-electron chi connectivity index (χ2n) is 2.71. The van der Waals surface area contributed by atoms with Gasteiger partial charge in [-0.3, -0.25) is 0 Å². The molecule has 86 valence electrons. The van der Waals surface area contributed by atoms with Gasteiger partial charge in [0.05, 0.1) is 0 Å². The van der Waals surface area contributed by atoms with Crippen molar-refractivity contribution in [2.75, 3.05) is 6.61 Å². The number of hydrogen-bond donors (Lipinski definition) is 2. The quantitative estimate of drug-likeness (QED) is 0.567. The molecule has 0 saturated carbocycles. The molecule has 7 nitrogen and oxygen atoms in total. The minimum atomic E-state index is -1.31. The topological polar surface area (TPSA) is 110 Å². The van der Waals surface area contributed by atoms with Crippen molar-refractivity contribution >= 4 is 17.9 Å². The molecule has 0 spiro atoms. The first kappa shape index (κ1) is 13.4. The zero-order valence-electron chi connectivity index (χ0n) is 8.30. The van der Waals surface area contributed by atoms with Crippen LogP contribution in [0.5, 0.6) is 0 Å². The highest BCUT2D eigenvalue weighted by molar-refractivity contribution is 5.82. The maximum absolute atomic E-state index is 11.1. The minimum absolute atomic E-state index is 0.855. The molecule has 7 heteroatoms. The Labute approximate surface area is 85.6 Å². The predicted molar refractivity (Wildman–Crippen MR) is 45.8 cm³/mol. The van der Waals surface area contributed by atoms with Crippen LogP contribution in [-0.4, -0.2) is 46.9 Å². The van der Waals surface area contributed by atoms with Gasteiger partial charge in [0.2, 0.25) is 0 Å². The summed E-state index contributed by atoms with van der Waals surface area (Å²) in [5, 5.41) is 16.7. The highest BCUT2D eigenvalue weighted by atomic mass is 16.6. The van der Waals surface area contributed by atoms with Crippen molar-refractivity contribution < 1.29 is 34.1 Å². The molecule has 0 heterocycles. The first-order valence-electron chi connectivity index (χ1n) is 4.12. The van der Waals surface area contributed by atoms with Crippen molar-refractivity contribution in [3.05, 3.63) is 0 Å². The molecule has 2 unspecified atom stereocenters. The van der Waals surface area contributed by atoms with Crippen molar-refractivity contribution in [2.45, 2.75) is 26.1 Å². The molecule has 0 aliphatic heterocycles. The van der Waals surface area contributed by atoms with E-state index < -0.39 is 36.7 Å². The van der Waals surface area contributed by atoms with Crippen molar-refractivity contribution in [1.82, 2.24) is 0 Å². The van der Waals surface area contributed by atoms with E-state index in [-0.39, 0.29) is 0 Å². The first-order chi connectivity index (χ1) is 6.88. The van der Waals surface area contributed by atoms with Gasteiger partial charge in [-0.05, 0) is 13.8 Å². The van der Waals surface area contributed by atoms with E-state index in [0.717, 1.165) is 0 Å². The second-order valence-corrected chi connectivity index (χ2v) is 2.71.